The van der Waals surface area contributed by atoms with Crippen molar-refractivity contribution in [3.05, 3.63) is 63.1 Å². The molecule has 0 unspecified atom stereocenters. The molecule has 138 valence electrons. The van der Waals surface area contributed by atoms with E-state index in [-0.39, 0.29) is 31.4 Å². The molecule has 0 aliphatic heterocycles. The van der Waals surface area contributed by atoms with E-state index >= 15 is 0 Å². The summed E-state index contributed by atoms with van der Waals surface area (Å²) in [4.78, 5) is 25.7. The molecule has 2 aromatic carbocycles. The summed E-state index contributed by atoms with van der Waals surface area (Å²) in [6.45, 7) is 0.413. The van der Waals surface area contributed by atoms with Gasteiger partial charge in [0, 0.05) is 16.6 Å². The molecular formula is C18H18Cl3N3O2. The zero-order chi connectivity index (χ0) is 19.1. The van der Waals surface area contributed by atoms with Gasteiger partial charge in [-0.25, -0.2) is 0 Å². The minimum Gasteiger partial charge on any atom is -0.351 e. The summed E-state index contributed by atoms with van der Waals surface area (Å²) in [6, 6.07) is 12.0. The number of hydrogen-bond donors (Lipinski definition) is 2. The Morgan fingerprint density at radius 2 is 1.65 bits per heavy atom. The van der Waals surface area contributed by atoms with Gasteiger partial charge in [-0.3, -0.25) is 14.5 Å². The van der Waals surface area contributed by atoms with Crippen LogP contribution in [0.2, 0.25) is 15.1 Å². The molecule has 2 amide bonds. The highest BCUT2D eigenvalue weighted by Crippen LogP contribution is 2.21. The molecule has 0 fully saturated rings. The fourth-order valence-electron chi connectivity index (χ4n) is 2.21. The highest BCUT2D eigenvalue weighted by Gasteiger charge is 2.12. The van der Waals surface area contributed by atoms with Gasteiger partial charge < -0.3 is 10.6 Å². The first-order valence-electron chi connectivity index (χ1n) is 7.78. The average molecular weight is 415 g/mol. The van der Waals surface area contributed by atoms with Gasteiger partial charge in [-0.1, -0.05) is 53.0 Å². The maximum absolute atomic E-state index is 12.0. The van der Waals surface area contributed by atoms with E-state index in [1.165, 1.54) is 0 Å². The van der Waals surface area contributed by atoms with E-state index in [2.05, 4.69) is 10.6 Å². The minimum atomic E-state index is -0.255. The van der Waals surface area contributed by atoms with Gasteiger partial charge in [-0.05, 0) is 36.9 Å². The average Bonchev–Trinajstić information content (AvgIpc) is 2.56. The number of carbonyl (C=O) groups is 2. The van der Waals surface area contributed by atoms with Crippen LogP contribution in [0.1, 0.15) is 5.56 Å². The van der Waals surface area contributed by atoms with E-state index < -0.39 is 0 Å². The predicted octanol–water partition coefficient (Wildman–Crippen LogP) is 3.83. The lowest BCUT2D eigenvalue weighted by Crippen LogP contribution is -2.38. The molecule has 2 N–H and O–H groups in total. The number of rotatable bonds is 7. The molecule has 0 aliphatic rings. The first-order chi connectivity index (χ1) is 12.3. The van der Waals surface area contributed by atoms with Crippen molar-refractivity contribution in [3.8, 4) is 0 Å². The van der Waals surface area contributed by atoms with Crippen molar-refractivity contribution < 1.29 is 9.59 Å². The maximum Gasteiger partial charge on any atom is 0.238 e. The Morgan fingerprint density at radius 3 is 2.35 bits per heavy atom. The van der Waals surface area contributed by atoms with Gasteiger partial charge >= 0.3 is 0 Å². The van der Waals surface area contributed by atoms with E-state index in [1.807, 2.05) is 0 Å². The van der Waals surface area contributed by atoms with Gasteiger partial charge in [-0.15, -0.1) is 0 Å². The largest absolute Gasteiger partial charge is 0.351 e. The number of halogens is 3. The Labute approximate surface area is 167 Å². The molecule has 2 rings (SSSR count). The summed E-state index contributed by atoms with van der Waals surface area (Å²) in [5.41, 5.74) is 1.30. The van der Waals surface area contributed by atoms with Crippen LogP contribution in [0.15, 0.2) is 42.5 Å². The Kier molecular flexibility index (Phi) is 7.72. The Balaban J connectivity index is 1.77. The normalized spacial score (nSPS) is 10.7. The summed E-state index contributed by atoms with van der Waals surface area (Å²) in [5, 5.41) is 6.96. The summed E-state index contributed by atoms with van der Waals surface area (Å²) < 4.78 is 0. The van der Waals surface area contributed by atoms with Gasteiger partial charge in [0.05, 0.1) is 23.8 Å². The highest BCUT2D eigenvalue weighted by molar-refractivity contribution is 6.35. The molecule has 0 aliphatic carbocycles. The SMILES string of the molecule is CN(CC(=O)NCc1ccc(Cl)cc1Cl)CC(=O)Nc1ccccc1Cl. The van der Waals surface area contributed by atoms with Gasteiger partial charge in [0.1, 0.15) is 0 Å². The molecule has 0 radical (unpaired) electrons. The fraction of sp³-hybridized carbons (Fsp3) is 0.222. The van der Waals surface area contributed by atoms with Crippen molar-refractivity contribution in [2.75, 3.05) is 25.5 Å². The smallest absolute Gasteiger partial charge is 0.238 e. The van der Waals surface area contributed by atoms with Crippen molar-refractivity contribution in [1.29, 1.82) is 0 Å². The van der Waals surface area contributed by atoms with Gasteiger partial charge in [0.25, 0.3) is 0 Å². The predicted molar refractivity (Wildman–Crippen MR) is 106 cm³/mol. The lowest BCUT2D eigenvalue weighted by molar-refractivity contribution is -0.123. The Bertz CT molecular complexity index is 799. The lowest BCUT2D eigenvalue weighted by atomic mass is 10.2. The van der Waals surface area contributed by atoms with Crippen LogP contribution >= 0.6 is 34.8 Å². The Hall–Kier alpha value is -1.79. The molecule has 8 heteroatoms. The summed E-state index contributed by atoms with van der Waals surface area (Å²) in [6.07, 6.45) is 0. The zero-order valence-electron chi connectivity index (χ0n) is 14.1. The third-order valence-corrected chi connectivity index (χ3v) is 4.38. The molecule has 0 spiro atoms. The molecule has 0 saturated heterocycles. The minimum absolute atomic E-state index is 0.0559. The van der Waals surface area contributed by atoms with Crippen LogP contribution in [0.5, 0.6) is 0 Å². The van der Waals surface area contributed by atoms with E-state index in [1.54, 1.807) is 54.4 Å². The maximum atomic E-state index is 12.0. The number of anilines is 1. The standard InChI is InChI=1S/C18H18Cl3N3O2/c1-24(11-18(26)23-16-5-3-2-4-14(16)20)10-17(25)22-9-12-6-7-13(19)8-15(12)21/h2-8H,9-11H2,1H3,(H,22,25)(H,23,26). The van der Waals surface area contributed by atoms with Crippen LogP contribution in [0.3, 0.4) is 0 Å². The van der Waals surface area contributed by atoms with Crippen molar-refractivity contribution in [1.82, 2.24) is 10.2 Å². The van der Waals surface area contributed by atoms with Crippen LogP contribution in [0, 0.1) is 0 Å². The van der Waals surface area contributed by atoms with Crippen molar-refractivity contribution >= 4 is 52.3 Å². The van der Waals surface area contributed by atoms with Crippen LogP contribution in [0.25, 0.3) is 0 Å². The summed E-state index contributed by atoms with van der Waals surface area (Å²) in [7, 11) is 1.68. The number of hydrogen-bond acceptors (Lipinski definition) is 3. The van der Waals surface area contributed by atoms with Crippen LogP contribution in [-0.4, -0.2) is 36.9 Å². The molecule has 0 aromatic heterocycles. The van der Waals surface area contributed by atoms with E-state index in [9.17, 15) is 9.59 Å². The number of likely N-dealkylation sites (N-methyl/N-ethyl adjacent to an activating group) is 1. The molecule has 26 heavy (non-hydrogen) atoms. The zero-order valence-corrected chi connectivity index (χ0v) is 16.3. The second kappa shape index (κ2) is 9.78. The van der Waals surface area contributed by atoms with Crippen molar-refractivity contribution in [2.45, 2.75) is 6.54 Å². The number of para-hydroxylation sites is 1. The van der Waals surface area contributed by atoms with Gasteiger partial charge in [0.2, 0.25) is 11.8 Å². The summed E-state index contributed by atoms with van der Waals surface area (Å²) in [5.74, 6) is -0.474. The molecule has 0 heterocycles. The van der Waals surface area contributed by atoms with Crippen LogP contribution in [0.4, 0.5) is 5.69 Å². The highest BCUT2D eigenvalue weighted by atomic mass is 35.5. The van der Waals surface area contributed by atoms with Gasteiger partial charge in [0.15, 0.2) is 0 Å². The second-order valence-corrected chi connectivity index (χ2v) is 6.96. The topological polar surface area (TPSA) is 61.4 Å². The van der Waals surface area contributed by atoms with E-state index in [0.717, 1.165) is 5.56 Å². The fourth-order valence-corrected chi connectivity index (χ4v) is 2.87. The van der Waals surface area contributed by atoms with Crippen LogP contribution < -0.4 is 10.6 Å². The van der Waals surface area contributed by atoms with E-state index in [4.69, 9.17) is 34.8 Å². The lowest BCUT2D eigenvalue weighted by Gasteiger charge is -2.16. The van der Waals surface area contributed by atoms with Gasteiger partial charge in [-0.2, -0.15) is 0 Å². The second-order valence-electron chi connectivity index (χ2n) is 5.71. The number of amides is 2. The summed E-state index contributed by atoms with van der Waals surface area (Å²) >= 11 is 17.9. The quantitative estimate of drug-likeness (QED) is 0.724. The third-order valence-electron chi connectivity index (χ3n) is 3.47. The number of benzene rings is 2. The van der Waals surface area contributed by atoms with E-state index in [0.29, 0.717) is 20.8 Å². The van der Waals surface area contributed by atoms with Crippen LogP contribution in [-0.2, 0) is 16.1 Å². The molecule has 0 atom stereocenters. The van der Waals surface area contributed by atoms with Crippen molar-refractivity contribution in [3.63, 3.8) is 0 Å². The molecule has 0 saturated carbocycles. The Morgan fingerprint density at radius 1 is 0.962 bits per heavy atom. The molecule has 5 nitrogen and oxygen atoms in total. The first-order valence-corrected chi connectivity index (χ1v) is 8.92. The number of nitrogens with zero attached hydrogens (tertiary/aromatic N) is 1. The molecular weight excluding hydrogens is 397 g/mol. The third kappa shape index (κ3) is 6.50. The first kappa shape index (κ1) is 20.5. The van der Waals surface area contributed by atoms with Crippen molar-refractivity contribution in [2.24, 2.45) is 0 Å². The number of nitrogens with one attached hydrogen (secondary N) is 2. The monoisotopic (exact) mass is 413 g/mol. The molecule has 2 aromatic rings. The molecule has 0 bridgehead atoms. The number of carbonyl (C=O) groups excluding carboxylic acids is 2.